The predicted molar refractivity (Wildman–Crippen MR) is 124 cm³/mol. The molecule has 0 spiro atoms. The average molecular weight is 496 g/mol. The number of para-hydroxylation sites is 1. The van der Waals surface area contributed by atoms with Crippen LogP contribution in [0.25, 0.3) is 0 Å². The number of hydrazone groups is 1. The number of nitrogens with one attached hydrogen (secondary N) is 1. The third-order valence-corrected chi connectivity index (χ3v) is 8.10. The van der Waals surface area contributed by atoms with Crippen molar-refractivity contribution in [2.45, 2.75) is 17.4 Å². The fourth-order valence-corrected chi connectivity index (χ4v) is 6.51. The predicted octanol–water partition coefficient (Wildman–Crippen LogP) is 4.31. The molecule has 0 radical (unpaired) electrons. The lowest BCUT2D eigenvalue weighted by Gasteiger charge is -2.22. The van der Waals surface area contributed by atoms with E-state index in [9.17, 15) is 16.8 Å². The van der Waals surface area contributed by atoms with Crippen LogP contribution in [0.2, 0.25) is 5.02 Å². The number of halogens is 1. The largest absolute Gasteiger partial charge is 0.283 e. The summed E-state index contributed by atoms with van der Waals surface area (Å²) in [5.74, 6) is 0. The minimum absolute atomic E-state index is 0.0362. The van der Waals surface area contributed by atoms with Crippen molar-refractivity contribution in [3.05, 3.63) is 81.5 Å². The van der Waals surface area contributed by atoms with Crippen LogP contribution in [-0.4, -0.2) is 33.2 Å². The van der Waals surface area contributed by atoms with Crippen LogP contribution < -0.4 is 4.72 Å². The zero-order valence-electron chi connectivity index (χ0n) is 16.3. The van der Waals surface area contributed by atoms with E-state index in [2.05, 4.69) is 9.82 Å². The second-order valence-corrected chi connectivity index (χ2v) is 11.9. The van der Waals surface area contributed by atoms with Gasteiger partial charge in [-0.05, 0) is 35.7 Å². The van der Waals surface area contributed by atoms with Gasteiger partial charge in [-0.15, -0.1) is 11.3 Å². The van der Waals surface area contributed by atoms with Gasteiger partial charge < -0.3 is 0 Å². The van der Waals surface area contributed by atoms with Crippen molar-refractivity contribution in [3.63, 3.8) is 0 Å². The summed E-state index contributed by atoms with van der Waals surface area (Å²) in [5, 5.41) is 6.63. The Hall–Kier alpha value is -2.40. The molecule has 7 nitrogen and oxygen atoms in total. The molecular formula is C20H18ClN3O4S3. The lowest BCUT2D eigenvalue weighted by atomic mass is 10.0. The van der Waals surface area contributed by atoms with Crippen LogP contribution in [0, 0.1) is 0 Å². The molecule has 31 heavy (non-hydrogen) atoms. The number of rotatable bonds is 6. The van der Waals surface area contributed by atoms with E-state index in [-0.39, 0.29) is 4.90 Å². The van der Waals surface area contributed by atoms with E-state index in [1.807, 2.05) is 17.5 Å². The van der Waals surface area contributed by atoms with Gasteiger partial charge in [0.25, 0.3) is 10.0 Å². The maximum Gasteiger partial charge on any atom is 0.279 e. The fraction of sp³-hybridized carbons (Fsp3) is 0.150. The highest BCUT2D eigenvalue weighted by Crippen LogP contribution is 2.40. The molecule has 1 aromatic heterocycles. The molecule has 2 heterocycles. The van der Waals surface area contributed by atoms with Crippen LogP contribution >= 0.6 is 22.9 Å². The number of anilines is 1. The Morgan fingerprint density at radius 3 is 2.52 bits per heavy atom. The summed E-state index contributed by atoms with van der Waals surface area (Å²) < 4.78 is 54.0. The third kappa shape index (κ3) is 4.62. The summed E-state index contributed by atoms with van der Waals surface area (Å²) in [6.07, 6.45) is 1.35. The molecule has 1 aliphatic heterocycles. The summed E-state index contributed by atoms with van der Waals surface area (Å²) in [6.45, 7) is 0. The first-order valence-electron chi connectivity index (χ1n) is 9.13. The zero-order valence-corrected chi connectivity index (χ0v) is 19.5. The Bertz CT molecular complexity index is 1350. The van der Waals surface area contributed by atoms with E-state index in [4.69, 9.17) is 11.6 Å². The van der Waals surface area contributed by atoms with Gasteiger partial charge in [-0.25, -0.2) is 8.42 Å². The Labute approximate surface area is 190 Å². The van der Waals surface area contributed by atoms with Gasteiger partial charge in [-0.2, -0.15) is 17.9 Å². The molecule has 0 bridgehead atoms. The SMILES string of the molecule is CS(=O)(=O)Nc1ccccc1C1=NN(S(=O)(=O)c2cccc(Cl)c2)[C@H](c2cccs2)C1. The number of hydrogen-bond acceptors (Lipinski definition) is 6. The summed E-state index contributed by atoms with van der Waals surface area (Å²) >= 11 is 7.45. The molecule has 1 atom stereocenters. The first kappa shape index (κ1) is 21.8. The second kappa shape index (κ2) is 8.27. The van der Waals surface area contributed by atoms with Gasteiger partial charge in [0.1, 0.15) is 6.04 Å². The minimum atomic E-state index is -4.00. The van der Waals surface area contributed by atoms with Crippen LogP contribution in [0.1, 0.15) is 22.9 Å². The first-order chi connectivity index (χ1) is 14.6. The lowest BCUT2D eigenvalue weighted by Crippen LogP contribution is -2.26. The number of hydrogen-bond donors (Lipinski definition) is 1. The van der Waals surface area contributed by atoms with Crippen LogP contribution in [0.4, 0.5) is 5.69 Å². The van der Waals surface area contributed by atoms with E-state index < -0.39 is 26.1 Å². The maximum atomic E-state index is 13.4. The van der Waals surface area contributed by atoms with Gasteiger partial charge in [0.05, 0.1) is 22.6 Å². The third-order valence-electron chi connectivity index (χ3n) is 4.62. The van der Waals surface area contributed by atoms with E-state index in [1.54, 1.807) is 36.4 Å². The molecule has 0 aliphatic carbocycles. The molecular weight excluding hydrogens is 478 g/mol. The van der Waals surface area contributed by atoms with Gasteiger partial charge in [-0.1, -0.05) is 41.9 Å². The fourth-order valence-electron chi connectivity index (χ4n) is 3.33. The van der Waals surface area contributed by atoms with E-state index in [0.717, 1.165) is 15.5 Å². The summed E-state index contributed by atoms with van der Waals surface area (Å²) in [6, 6.07) is 16.0. The molecule has 0 fully saturated rings. The van der Waals surface area contributed by atoms with Gasteiger partial charge >= 0.3 is 0 Å². The molecule has 0 saturated heterocycles. The van der Waals surface area contributed by atoms with Crippen molar-refractivity contribution in [1.29, 1.82) is 0 Å². The topological polar surface area (TPSA) is 95.9 Å². The molecule has 2 aromatic carbocycles. The van der Waals surface area contributed by atoms with Gasteiger partial charge in [0.15, 0.2) is 0 Å². The Kier molecular flexibility index (Phi) is 5.82. The molecule has 162 valence electrons. The van der Waals surface area contributed by atoms with Crippen LogP contribution in [0.15, 0.2) is 76.0 Å². The van der Waals surface area contributed by atoms with Crippen molar-refractivity contribution in [2.75, 3.05) is 11.0 Å². The monoisotopic (exact) mass is 495 g/mol. The van der Waals surface area contributed by atoms with E-state index in [1.165, 1.54) is 23.5 Å². The minimum Gasteiger partial charge on any atom is -0.283 e. The lowest BCUT2D eigenvalue weighted by molar-refractivity contribution is 0.375. The number of benzene rings is 2. The molecule has 0 amide bonds. The normalized spacial score (nSPS) is 16.9. The van der Waals surface area contributed by atoms with Crippen molar-refractivity contribution < 1.29 is 16.8 Å². The van der Waals surface area contributed by atoms with Crippen molar-refractivity contribution in [2.24, 2.45) is 5.10 Å². The van der Waals surface area contributed by atoms with E-state index in [0.29, 0.717) is 28.4 Å². The molecule has 0 saturated carbocycles. The molecule has 11 heteroatoms. The average Bonchev–Trinajstić information content (AvgIpc) is 3.37. The highest BCUT2D eigenvalue weighted by Gasteiger charge is 2.38. The highest BCUT2D eigenvalue weighted by atomic mass is 35.5. The Morgan fingerprint density at radius 2 is 1.84 bits per heavy atom. The van der Waals surface area contributed by atoms with Gasteiger partial charge in [-0.3, -0.25) is 4.72 Å². The number of thiophene rings is 1. The summed E-state index contributed by atoms with van der Waals surface area (Å²) in [7, 11) is -7.52. The number of sulfonamides is 2. The first-order valence-corrected chi connectivity index (χ1v) is 13.7. The molecule has 1 N–H and O–H groups in total. The van der Waals surface area contributed by atoms with Crippen LogP contribution in [0.5, 0.6) is 0 Å². The van der Waals surface area contributed by atoms with Crippen LogP contribution in [0.3, 0.4) is 0 Å². The molecule has 4 rings (SSSR count). The van der Waals surface area contributed by atoms with Crippen LogP contribution in [-0.2, 0) is 20.0 Å². The Morgan fingerprint density at radius 1 is 1.06 bits per heavy atom. The summed E-state index contributed by atoms with van der Waals surface area (Å²) in [4.78, 5) is 0.868. The molecule has 3 aromatic rings. The second-order valence-electron chi connectivity index (χ2n) is 6.94. The van der Waals surface area contributed by atoms with E-state index >= 15 is 0 Å². The van der Waals surface area contributed by atoms with Crippen molar-refractivity contribution >= 4 is 54.4 Å². The number of nitrogens with zero attached hydrogens (tertiary/aromatic N) is 2. The zero-order chi connectivity index (χ0) is 22.2. The Balaban J connectivity index is 1.82. The van der Waals surface area contributed by atoms with Gasteiger partial charge in [0, 0.05) is 21.9 Å². The van der Waals surface area contributed by atoms with Crippen molar-refractivity contribution in [1.82, 2.24) is 4.41 Å². The molecule has 0 unspecified atom stereocenters. The molecule has 1 aliphatic rings. The smallest absolute Gasteiger partial charge is 0.279 e. The van der Waals surface area contributed by atoms with Crippen molar-refractivity contribution in [3.8, 4) is 0 Å². The standard InChI is InChI=1S/C20H18ClN3O4S3/c1-30(25,26)23-17-9-3-2-8-16(17)18-13-19(20-10-5-11-29-20)24(22-18)31(27,28)15-7-4-6-14(21)12-15/h2-12,19,23H,13H2,1H3/t19-/m0/s1. The summed E-state index contributed by atoms with van der Waals surface area (Å²) in [5.41, 5.74) is 1.34. The highest BCUT2D eigenvalue weighted by molar-refractivity contribution is 7.92. The maximum absolute atomic E-state index is 13.4. The van der Waals surface area contributed by atoms with Gasteiger partial charge in [0.2, 0.25) is 10.0 Å². The quantitative estimate of drug-likeness (QED) is 0.551.